The lowest BCUT2D eigenvalue weighted by Gasteiger charge is -2.36. The van der Waals surface area contributed by atoms with E-state index in [1.165, 1.54) is 0 Å². The van der Waals surface area contributed by atoms with Crippen molar-refractivity contribution in [2.45, 2.75) is 19.3 Å². The lowest BCUT2D eigenvalue weighted by molar-refractivity contribution is 0.174. The van der Waals surface area contributed by atoms with Crippen LogP contribution in [0.4, 0.5) is 11.4 Å². The van der Waals surface area contributed by atoms with Gasteiger partial charge in [0.05, 0.1) is 24.0 Å². The third-order valence-corrected chi connectivity index (χ3v) is 7.80. The second-order valence-corrected chi connectivity index (χ2v) is 10.6. The molecule has 1 aromatic heterocycles. The van der Waals surface area contributed by atoms with Crippen molar-refractivity contribution in [1.29, 1.82) is 0 Å². The van der Waals surface area contributed by atoms with Crippen molar-refractivity contribution in [3.8, 4) is 11.5 Å². The van der Waals surface area contributed by atoms with Crippen LogP contribution in [-0.4, -0.2) is 68.1 Å². The zero-order valence-electron chi connectivity index (χ0n) is 21.1. The molecule has 1 saturated heterocycles. The van der Waals surface area contributed by atoms with Gasteiger partial charge in [-0.25, -0.2) is 4.21 Å². The van der Waals surface area contributed by atoms with E-state index in [2.05, 4.69) is 26.7 Å². The highest BCUT2D eigenvalue weighted by Crippen LogP contribution is 2.35. The van der Waals surface area contributed by atoms with Gasteiger partial charge in [0.2, 0.25) is 6.79 Å². The fourth-order valence-corrected chi connectivity index (χ4v) is 5.53. The number of aryl methyl sites for hydroxylation is 1. The standard InChI is InChI=1S/C27H33N3O6S/c1-33-13-14-37(32)28-21-6-4-7-22(15-21)30-11-9-29(10-12-30)8-3-2-5-20-18-34-24-17-26-25(35-19-36-26)16-23(24)27(20)31/h4,6-7,15-18,28H,2-3,5,8-14,19H2,1H3. The Labute approximate surface area is 218 Å². The van der Waals surface area contributed by atoms with Crippen LogP contribution in [0.25, 0.3) is 11.0 Å². The molecule has 0 saturated carbocycles. The first kappa shape index (κ1) is 25.6. The number of ether oxygens (including phenoxy) is 3. The molecular formula is C27H33N3O6S. The molecular weight excluding hydrogens is 494 g/mol. The Morgan fingerprint density at radius 2 is 1.86 bits per heavy atom. The molecule has 9 nitrogen and oxygen atoms in total. The van der Waals surface area contributed by atoms with Gasteiger partial charge in [0.15, 0.2) is 16.9 Å². The highest BCUT2D eigenvalue weighted by Gasteiger charge is 2.19. The molecule has 37 heavy (non-hydrogen) atoms. The number of fused-ring (bicyclic) bond motifs is 2. The van der Waals surface area contributed by atoms with Crippen molar-refractivity contribution in [3.05, 3.63) is 58.4 Å². The van der Waals surface area contributed by atoms with Crippen molar-refractivity contribution in [1.82, 2.24) is 4.90 Å². The summed E-state index contributed by atoms with van der Waals surface area (Å²) >= 11 is 0. The number of anilines is 2. The molecule has 1 unspecified atom stereocenters. The number of unbranched alkanes of at least 4 members (excludes halogenated alkanes) is 1. The van der Waals surface area contributed by atoms with Crippen molar-refractivity contribution < 1.29 is 22.8 Å². The minimum atomic E-state index is -1.16. The fourth-order valence-electron chi connectivity index (χ4n) is 4.72. The highest BCUT2D eigenvalue weighted by molar-refractivity contribution is 7.86. The molecule has 2 aromatic carbocycles. The van der Waals surface area contributed by atoms with E-state index in [9.17, 15) is 9.00 Å². The summed E-state index contributed by atoms with van der Waals surface area (Å²) in [5, 5.41) is 0.540. The molecule has 0 spiro atoms. The van der Waals surface area contributed by atoms with Crippen LogP contribution >= 0.6 is 0 Å². The fraction of sp³-hybridized carbons (Fsp3) is 0.444. The lowest BCUT2D eigenvalue weighted by atomic mass is 10.1. The number of methoxy groups -OCH3 is 1. The molecule has 0 aliphatic carbocycles. The van der Waals surface area contributed by atoms with E-state index in [0.29, 0.717) is 46.8 Å². The van der Waals surface area contributed by atoms with E-state index in [1.54, 1.807) is 25.5 Å². The number of nitrogens with one attached hydrogen (secondary N) is 1. The highest BCUT2D eigenvalue weighted by atomic mass is 32.2. The van der Waals surface area contributed by atoms with Crippen LogP contribution in [0.5, 0.6) is 11.5 Å². The van der Waals surface area contributed by atoms with E-state index in [4.69, 9.17) is 18.6 Å². The topological polar surface area (TPSA) is 93.5 Å². The van der Waals surface area contributed by atoms with Crippen LogP contribution in [-0.2, 0) is 22.1 Å². The normalized spacial score (nSPS) is 16.3. The maximum absolute atomic E-state index is 12.9. The Morgan fingerprint density at radius 3 is 2.68 bits per heavy atom. The summed E-state index contributed by atoms with van der Waals surface area (Å²) in [5.74, 6) is 1.66. The predicted molar refractivity (Wildman–Crippen MR) is 145 cm³/mol. The number of rotatable bonds is 11. The van der Waals surface area contributed by atoms with Gasteiger partial charge in [-0.15, -0.1) is 0 Å². The Bertz CT molecular complexity index is 1310. The third kappa shape index (κ3) is 6.26. The molecule has 0 radical (unpaired) electrons. The van der Waals surface area contributed by atoms with Gasteiger partial charge in [-0.3, -0.25) is 9.69 Å². The molecule has 1 N–H and O–H groups in total. The zero-order valence-corrected chi connectivity index (χ0v) is 21.9. The van der Waals surface area contributed by atoms with Gasteiger partial charge < -0.3 is 28.2 Å². The average molecular weight is 528 g/mol. The molecule has 2 aliphatic heterocycles. The van der Waals surface area contributed by atoms with Crippen LogP contribution < -0.4 is 24.5 Å². The second-order valence-electron chi connectivity index (χ2n) is 9.27. The largest absolute Gasteiger partial charge is 0.464 e. The zero-order chi connectivity index (χ0) is 25.6. The first-order valence-corrected chi connectivity index (χ1v) is 14.0. The number of hydrogen-bond donors (Lipinski definition) is 1. The average Bonchev–Trinajstić information content (AvgIpc) is 3.38. The molecule has 2 aliphatic rings. The summed E-state index contributed by atoms with van der Waals surface area (Å²) < 4.78 is 36.6. The Hall–Kier alpha value is -3.08. The Balaban J connectivity index is 1.07. The molecule has 198 valence electrons. The summed E-state index contributed by atoms with van der Waals surface area (Å²) in [4.78, 5) is 17.8. The summed E-state index contributed by atoms with van der Waals surface area (Å²) in [7, 11) is 0.454. The van der Waals surface area contributed by atoms with Gasteiger partial charge in [-0.2, -0.15) is 0 Å². The maximum Gasteiger partial charge on any atom is 0.231 e. The number of nitrogens with zero attached hydrogens (tertiary/aromatic N) is 2. The summed E-state index contributed by atoms with van der Waals surface area (Å²) in [6.07, 6.45) is 4.22. The number of hydrogen-bond acceptors (Lipinski definition) is 8. The van der Waals surface area contributed by atoms with Gasteiger partial charge in [-0.1, -0.05) is 6.07 Å². The molecule has 0 amide bonds. The van der Waals surface area contributed by atoms with Gasteiger partial charge in [0, 0.05) is 56.3 Å². The van der Waals surface area contributed by atoms with Crippen LogP contribution in [0.15, 0.2) is 51.9 Å². The molecule has 1 fully saturated rings. The first-order chi connectivity index (χ1) is 18.1. The van der Waals surface area contributed by atoms with Crippen molar-refractivity contribution >= 4 is 33.3 Å². The van der Waals surface area contributed by atoms with E-state index in [1.807, 2.05) is 12.1 Å². The summed E-state index contributed by atoms with van der Waals surface area (Å²) in [6.45, 7) is 5.50. The van der Waals surface area contributed by atoms with E-state index >= 15 is 0 Å². The van der Waals surface area contributed by atoms with Gasteiger partial charge in [0.25, 0.3) is 0 Å². The molecule has 5 rings (SSSR count). The monoisotopic (exact) mass is 527 g/mol. The summed E-state index contributed by atoms with van der Waals surface area (Å²) in [5.41, 5.74) is 3.23. The molecule has 3 aromatic rings. The third-order valence-electron chi connectivity index (χ3n) is 6.80. The van der Waals surface area contributed by atoms with Crippen LogP contribution in [0.1, 0.15) is 18.4 Å². The van der Waals surface area contributed by atoms with E-state index < -0.39 is 11.0 Å². The SMILES string of the molecule is COCCS(=O)Nc1cccc(N2CCN(CCCCc3coc4cc5c(cc4c3=O)OCO5)CC2)c1. The molecule has 0 bridgehead atoms. The maximum atomic E-state index is 12.9. The Kier molecular flexibility index (Phi) is 8.28. The van der Waals surface area contributed by atoms with E-state index in [0.717, 1.165) is 56.9 Å². The smallest absolute Gasteiger partial charge is 0.231 e. The molecule has 10 heteroatoms. The van der Waals surface area contributed by atoms with Gasteiger partial charge in [-0.05, 0) is 50.1 Å². The first-order valence-electron chi connectivity index (χ1n) is 12.7. The second kappa shape index (κ2) is 12.0. The van der Waals surface area contributed by atoms with Crippen LogP contribution in [0.3, 0.4) is 0 Å². The van der Waals surface area contributed by atoms with E-state index in [-0.39, 0.29) is 12.2 Å². The quantitative estimate of drug-likeness (QED) is 0.380. The molecule has 3 heterocycles. The summed E-state index contributed by atoms with van der Waals surface area (Å²) in [6, 6.07) is 11.5. The number of piperazine rings is 1. The van der Waals surface area contributed by atoms with Gasteiger partial charge >= 0.3 is 0 Å². The van der Waals surface area contributed by atoms with Crippen LogP contribution in [0, 0.1) is 0 Å². The van der Waals surface area contributed by atoms with Crippen molar-refractivity contribution in [2.75, 3.05) is 68.6 Å². The van der Waals surface area contributed by atoms with Crippen molar-refractivity contribution in [2.24, 2.45) is 0 Å². The minimum Gasteiger partial charge on any atom is -0.464 e. The van der Waals surface area contributed by atoms with Crippen molar-refractivity contribution in [3.63, 3.8) is 0 Å². The van der Waals surface area contributed by atoms with Gasteiger partial charge in [0.1, 0.15) is 16.6 Å². The number of benzene rings is 2. The van der Waals surface area contributed by atoms with Crippen LogP contribution in [0.2, 0.25) is 0 Å². The Morgan fingerprint density at radius 1 is 1.05 bits per heavy atom. The molecule has 1 atom stereocenters. The lowest BCUT2D eigenvalue weighted by Crippen LogP contribution is -2.46. The minimum absolute atomic E-state index is 0.00687. The predicted octanol–water partition coefficient (Wildman–Crippen LogP) is 3.39.